The fourth-order valence-electron chi connectivity index (χ4n) is 1.42. The van der Waals surface area contributed by atoms with E-state index < -0.39 is 0 Å². The molecule has 18 heavy (non-hydrogen) atoms. The highest BCUT2D eigenvalue weighted by Crippen LogP contribution is 2.04. The van der Waals surface area contributed by atoms with Crippen LogP contribution in [0.15, 0.2) is 60.4 Å². The number of unbranched alkanes of at least 4 members (excludes halogenated alkanes) is 4. The molecule has 0 aromatic rings. The van der Waals surface area contributed by atoms with Crippen molar-refractivity contribution in [3.63, 3.8) is 0 Å². The Labute approximate surface area is 112 Å². The van der Waals surface area contributed by atoms with Crippen molar-refractivity contribution < 1.29 is 5.11 Å². The fraction of sp³-hybridized carbons (Fsp3) is 0.412. The number of hydrogen-bond donors (Lipinski definition) is 1. The van der Waals surface area contributed by atoms with Crippen molar-refractivity contribution in [3.05, 3.63) is 60.4 Å². The minimum atomic E-state index is 0.363. The molecule has 0 aliphatic heterocycles. The predicted molar refractivity (Wildman–Crippen MR) is 81.7 cm³/mol. The fourth-order valence-corrected chi connectivity index (χ4v) is 1.42. The van der Waals surface area contributed by atoms with Gasteiger partial charge in [-0.05, 0) is 45.6 Å². The van der Waals surface area contributed by atoms with Crippen molar-refractivity contribution in [1.29, 1.82) is 0 Å². The maximum Gasteiger partial charge on any atom is 0.0891 e. The van der Waals surface area contributed by atoms with Gasteiger partial charge in [0.05, 0.1) is 5.76 Å². The van der Waals surface area contributed by atoms with E-state index in [1.165, 1.54) is 19.3 Å². The molecule has 1 N–H and O–H groups in total. The van der Waals surface area contributed by atoms with E-state index in [-0.39, 0.29) is 0 Å². The van der Waals surface area contributed by atoms with Gasteiger partial charge in [-0.1, -0.05) is 55.0 Å². The van der Waals surface area contributed by atoms with Gasteiger partial charge in [-0.2, -0.15) is 0 Å². The Morgan fingerprint density at radius 2 is 1.44 bits per heavy atom. The van der Waals surface area contributed by atoms with Crippen LogP contribution in [-0.2, 0) is 0 Å². The summed E-state index contributed by atoms with van der Waals surface area (Å²) in [5.41, 5.74) is 0. The summed E-state index contributed by atoms with van der Waals surface area (Å²) in [4.78, 5) is 0. The van der Waals surface area contributed by atoms with Crippen molar-refractivity contribution in [1.82, 2.24) is 0 Å². The Morgan fingerprint density at radius 3 is 2.06 bits per heavy atom. The largest absolute Gasteiger partial charge is 0.513 e. The van der Waals surface area contributed by atoms with Gasteiger partial charge in [0, 0.05) is 0 Å². The van der Waals surface area contributed by atoms with Crippen molar-refractivity contribution in [2.45, 2.75) is 46.0 Å². The molecule has 0 bridgehead atoms. The molecule has 1 nitrogen and oxygen atoms in total. The van der Waals surface area contributed by atoms with E-state index in [1.807, 2.05) is 31.2 Å². The van der Waals surface area contributed by atoms with Crippen LogP contribution in [-0.4, -0.2) is 5.11 Å². The minimum Gasteiger partial charge on any atom is -0.513 e. The smallest absolute Gasteiger partial charge is 0.0891 e. The van der Waals surface area contributed by atoms with E-state index in [0.717, 1.165) is 12.8 Å². The van der Waals surface area contributed by atoms with Gasteiger partial charge < -0.3 is 5.11 Å². The Kier molecular flexibility index (Phi) is 12.4. The molecule has 0 heterocycles. The van der Waals surface area contributed by atoms with Crippen LogP contribution in [0.2, 0.25) is 0 Å². The summed E-state index contributed by atoms with van der Waals surface area (Å²) in [5, 5.41) is 8.92. The lowest BCUT2D eigenvalue weighted by Gasteiger charge is -1.94. The van der Waals surface area contributed by atoms with Crippen molar-refractivity contribution in [2.75, 3.05) is 0 Å². The quantitative estimate of drug-likeness (QED) is 0.317. The van der Waals surface area contributed by atoms with E-state index in [4.69, 9.17) is 5.11 Å². The highest BCUT2D eigenvalue weighted by Gasteiger charge is 1.85. The second-order valence-corrected chi connectivity index (χ2v) is 4.21. The predicted octanol–water partition coefficient (Wildman–Crippen LogP) is 5.64. The normalized spacial score (nSPS) is 13.8. The van der Waals surface area contributed by atoms with E-state index in [9.17, 15) is 0 Å². The van der Waals surface area contributed by atoms with Gasteiger partial charge in [-0.15, -0.1) is 0 Å². The SMILES string of the molecule is CC=CC=CC=CCCCCCC=CC=C(C)O. The molecule has 0 spiro atoms. The van der Waals surface area contributed by atoms with Crippen LogP contribution in [0.1, 0.15) is 46.0 Å². The first kappa shape index (κ1) is 16.5. The van der Waals surface area contributed by atoms with E-state index in [1.54, 1.807) is 13.0 Å². The molecule has 0 aromatic carbocycles. The molecular weight excluding hydrogens is 220 g/mol. The lowest BCUT2D eigenvalue weighted by molar-refractivity contribution is 0.414. The third kappa shape index (κ3) is 14.5. The zero-order valence-corrected chi connectivity index (χ0v) is 11.7. The standard InChI is InChI=1S/C17H26O/c1-3-4-5-6-7-8-9-10-11-12-13-14-15-16-17(2)18/h3-8,14-16,18H,9-13H2,1-2H3. The topological polar surface area (TPSA) is 20.2 Å². The third-order valence-corrected chi connectivity index (χ3v) is 2.38. The first-order chi connectivity index (χ1) is 8.77. The molecule has 1 heteroatoms. The Hall–Kier alpha value is -1.50. The zero-order valence-electron chi connectivity index (χ0n) is 11.7. The van der Waals surface area contributed by atoms with Gasteiger partial charge in [-0.3, -0.25) is 0 Å². The zero-order chi connectivity index (χ0) is 13.5. The van der Waals surface area contributed by atoms with E-state index in [2.05, 4.69) is 24.3 Å². The van der Waals surface area contributed by atoms with E-state index in [0.29, 0.717) is 5.76 Å². The van der Waals surface area contributed by atoms with Crippen LogP contribution in [0.3, 0.4) is 0 Å². The summed E-state index contributed by atoms with van der Waals surface area (Å²) >= 11 is 0. The number of hydrogen-bond acceptors (Lipinski definition) is 1. The van der Waals surface area contributed by atoms with Gasteiger partial charge in [-0.25, -0.2) is 0 Å². The molecule has 0 unspecified atom stereocenters. The monoisotopic (exact) mass is 246 g/mol. The molecule has 100 valence electrons. The maximum absolute atomic E-state index is 8.92. The van der Waals surface area contributed by atoms with Gasteiger partial charge in [0.2, 0.25) is 0 Å². The Balaban J connectivity index is 3.36. The molecule has 0 aliphatic carbocycles. The van der Waals surface area contributed by atoms with Crippen molar-refractivity contribution in [2.24, 2.45) is 0 Å². The lowest BCUT2D eigenvalue weighted by atomic mass is 10.1. The molecule has 0 saturated carbocycles. The van der Waals surface area contributed by atoms with Gasteiger partial charge in [0.1, 0.15) is 0 Å². The maximum atomic E-state index is 8.92. The summed E-state index contributed by atoms with van der Waals surface area (Å²) < 4.78 is 0. The first-order valence-corrected chi connectivity index (χ1v) is 6.74. The van der Waals surface area contributed by atoms with Gasteiger partial charge >= 0.3 is 0 Å². The number of allylic oxidation sites excluding steroid dienone is 10. The molecule has 0 fully saturated rings. The van der Waals surface area contributed by atoms with Crippen LogP contribution < -0.4 is 0 Å². The van der Waals surface area contributed by atoms with Crippen LogP contribution in [0.4, 0.5) is 0 Å². The van der Waals surface area contributed by atoms with Crippen LogP contribution in [0, 0.1) is 0 Å². The highest BCUT2D eigenvalue weighted by atomic mass is 16.3. The second-order valence-electron chi connectivity index (χ2n) is 4.21. The summed E-state index contributed by atoms with van der Waals surface area (Å²) in [6.45, 7) is 3.70. The lowest BCUT2D eigenvalue weighted by Crippen LogP contribution is -1.74. The first-order valence-electron chi connectivity index (χ1n) is 6.74. The average molecular weight is 246 g/mol. The van der Waals surface area contributed by atoms with Crippen molar-refractivity contribution >= 4 is 0 Å². The summed E-state index contributed by atoms with van der Waals surface area (Å²) in [5.74, 6) is 0.363. The Morgan fingerprint density at radius 1 is 0.833 bits per heavy atom. The minimum absolute atomic E-state index is 0.363. The van der Waals surface area contributed by atoms with Gasteiger partial charge in [0.25, 0.3) is 0 Å². The molecule has 0 aliphatic rings. The molecule has 0 amide bonds. The summed E-state index contributed by atoms with van der Waals surface area (Å²) in [6, 6.07) is 0. The molecule has 0 rings (SSSR count). The molecule has 0 radical (unpaired) electrons. The van der Waals surface area contributed by atoms with Crippen LogP contribution >= 0.6 is 0 Å². The second kappa shape index (κ2) is 13.6. The molecule has 0 atom stereocenters. The average Bonchev–Trinajstić information content (AvgIpc) is 2.34. The number of aliphatic hydroxyl groups is 1. The Bertz CT molecular complexity index is 313. The highest BCUT2D eigenvalue weighted by molar-refractivity contribution is 5.10. The number of rotatable bonds is 9. The molecular formula is C17H26O. The summed E-state index contributed by atoms with van der Waals surface area (Å²) in [7, 11) is 0. The summed E-state index contributed by atoms with van der Waals surface area (Å²) in [6.07, 6.45) is 24.2. The van der Waals surface area contributed by atoms with Crippen LogP contribution in [0.5, 0.6) is 0 Å². The molecule has 0 saturated heterocycles. The molecule has 0 aromatic heterocycles. The van der Waals surface area contributed by atoms with Crippen LogP contribution in [0.25, 0.3) is 0 Å². The van der Waals surface area contributed by atoms with E-state index >= 15 is 0 Å². The van der Waals surface area contributed by atoms with Crippen molar-refractivity contribution in [3.8, 4) is 0 Å². The number of aliphatic hydroxyl groups excluding tert-OH is 1. The third-order valence-electron chi connectivity index (χ3n) is 2.38. The van der Waals surface area contributed by atoms with Gasteiger partial charge in [0.15, 0.2) is 0 Å².